The minimum absolute atomic E-state index is 0.0606. The number of hydrogen-bond donors (Lipinski definition) is 1. The minimum Gasteiger partial charge on any atom is -0.490 e. The molecule has 1 saturated carbocycles. The summed E-state index contributed by atoms with van der Waals surface area (Å²) < 4.78 is 11.3. The molecule has 0 saturated heterocycles. The Bertz CT molecular complexity index is 433. The predicted octanol–water partition coefficient (Wildman–Crippen LogP) is 4.16. The van der Waals surface area contributed by atoms with Gasteiger partial charge in [0.2, 0.25) is 0 Å². The van der Waals surface area contributed by atoms with Gasteiger partial charge in [-0.15, -0.1) is 0 Å². The summed E-state index contributed by atoms with van der Waals surface area (Å²) in [5.41, 5.74) is 7.48. The predicted molar refractivity (Wildman–Crippen MR) is 90.4 cm³/mol. The fourth-order valence-corrected chi connectivity index (χ4v) is 4.03. The first-order chi connectivity index (χ1) is 10.2. The Hall–Kier alpha value is -0.870. The average Bonchev–Trinajstić information content (AvgIpc) is 3.00. The summed E-state index contributed by atoms with van der Waals surface area (Å²) in [4.78, 5) is 0. The first-order valence-electron chi connectivity index (χ1n) is 8.01. The number of thioether (sulfide) groups is 1. The Morgan fingerprint density at radius 1 is 1.14 bits per heavy atom. The van der Waals surface area contributed by atoms with E-state index in [1.54, 1.807) is 0 Å². The molecule has 2 rings (SSSR count). The van der Waals surface area contributed by atoms with E-state index < -0.39 is 0 Å². The minimum atomic E-state index is 0.0606. The van der Waals surface area contributed by atoms with Crippen molar-refractivity contribution in [2.45, 2.75) is 50.8 Å². The molecule has 0 radical (unpaired) electrons. The molecular weight excluding hydrogens is 282 g/mol. The maximum absolute atomic E-state index is 6.34. The third-order valence-corrected chi connectivity index (χ3v) is 5.30. The summed E-state index contributed by atoms with van der Waals surface area (Å²) in [5, 5.41) is 0.810. The van der Waals surface area contributed by atoms with Crippen LogP contribution in [-0.4, -0.2) is 24.2 Å². The van der Waals surface area contributed by atoms with Crippen molar-refractivity contribution in [2.75, 3.05) is 19.0 Å². The highest BCUT2D eigenvalue weighted by atomic mass is 32.2. The lowest BCUT2D eigenvalue weighted by Crippen LogP contribution is -2.15. The van der Waals surface area contributed by atoms with Gasteiger partial charge in [-0.05, 0) is 44.4 Å². The van der Waals surface area contributed by atoms with Gasteiger partial charge in [-0.25, -0.2) is 0 Å². The Morgan fingerprint density at radius 2 is 1.81 bits per heavy atom. The van der Waals surface area contributed by atoms with E-state index in [0.29, 0.717) is 13.2 Å². The van der Waals surface area contributed by atoms with E-state index in [2.05, 4.69) is 6.07 Å². The molecule has 1 aromatic carbocycles. The van der Waals surface area contributed by atoms with E-state index in [0.717, 1.165) is 28.1 Å². The van der Waals surface area contributed by atoms with Crippen LogP contribution in [0.15, 0.2) is 18.2 Å². The number of nitrogens with two attached hydrogens (primary N) is 1. The van der Waals surface area contributed by atoms with Crippen LogP contribution in [0.3, 0.4) is 0 Å². The van der Waals surface area contributed by atoms with Crippen LogP contribution in [0.4, 0.5) is 0 Å². The summed E-state index contributed by atoms with van der Waals surface area (Å²) in [6.45, 7) is 5.24. The van der Waals surface area contributed by atoms with E-state index in [-0.39, 0.29) is 6.04 Å². The van der Waals surface area contributed by atoms with E-state index >= 15 is 0 Å². The summed E-state index contributed by atoms with van der Waals surface area (Å²) in [7, 11) is 0. The van der Waals surface area contributed by atoms with Crippen LogP contribution in [-0.2, 0) is 0 Å². The van der Waals surface area contributed by atoms with Crippen molar-refractivity contribution in [3.05, 3.63) is 23.8 Å². The van der Waals surface area contributed by atoms with Gasteiger partial charge < -0.3 is 15.2 Å². The van der Waals surface area contributed by atoms with E-state index in [1.807, 2.05) is 37.7 Å². The van der Waals surface area contributed by atoms with Crippen molar-refractivity contribution < 1.29 is 9.47 Å². The molecule has 1 aliphatic carbocycles. The standard InChI is InChI=1S/C17H27NO2S/c1-3-19-16-10-9-13(11-17(16)20-4-2)15(18)12-21-14-7-5-6-8-14/h9-11,14-15H,3-8,12,18H2,1-2H3. The molecule has 0 aliphatic heterocycles. The van der Waals surface area contributed by atoms with E-state index in [9.17, 15) is 0 Å². The zero-order chi connectivity index (χ0) is 15.1. The Balaban J connectivity index is 1.98. The number of ether oxygens (including phenoxy) is 2. The zero-order valence-electron chi connectivity index (χ0n) is 13.1. The first kappa shape index (κ1) is 16.5. The summed E-state index contributed by atoms with van der Waals surface area (Å²) in [6.07, 6.45) is 5.46. The lowest BCUT2D eigenvalue weighted by Gasteiger charge is -2.17. The monoisotopic (exact) mass is 309 g/mol. The number of benzene rings is 1. The van der Waals surface area contributed by atoms with Crippen LogP contribution in [0, 0.1) is 0 Å². The lowest BCUT2D eigenvalue weighted by atomic mass is 10.1. The molecule has 0 heterocycles. The summed E-state index contributed by atoms with van der Waals surface area (Å²) in [6, 6.07) is 6.14. The van der Waals surface area contributed by atoms with Gasteiger partial charge in [-0.3, -0.25) is 0 Å². The molecule has 0 spiro atoms. The second-order valence-electron chi connectivity index (χ2n) is 5.42. The van der Waals surface area contributed by atoms with Crippen LogP contribution in [0.1, 0.15) is 51.1 Å². The molecule has 1 unspecified atom stereocenters. The van der Waals surface area contributed by atoms with Gasteiger partial charge in [-0.2, -0.15) is 11.8 Å². The first-order valence-corrected chi connectivity index (χ1v) is 9.06. The molecule has 1 atom stereocenters. The van der Waals surface area contributed by atoms with Crippen molar-refractivity contribution in [1.82, 2.24) is 0 Å². The highest BCUT2D eigenvalue weighted by Gasteiger charge is 2.18. The smallest absolute Gasteiger partial charge is 0.161 e. The highest BCUT2D eigenvalue weighted by molar-refractivity contribution is 7.99. The molecule has 0 aromatic heterocycles. The van der Waals surface area contributed by atoms with Crippen molar-refractivity contribution >= 4 is 11.8 Å². The molecule has 0 bridgehead atoms. The molecule has 118 valence electrons. The molecule has 21 heavy (non-hydrogen) atoms. The fraction of sp³-hybridized carbons (Fsp3) is 0.647. The third-order valence-electron chi connectivity index (χ3n) is 3.81. The maximum atomic E-state index is 6.34. The van der Waals surface area contributed by atoms with E-state index in [4.69, 9.17) is 15.2 Å². The topological polar surface area (TPSA) is 44.5 Å². The Kier molecular flexibility index (Phi) is 6.71. The van der Waals surface area contributed by atoms with Gasteiger partial charge in [0, 0.05) is 17.0 Å². The second-order valence-corrected chi connectivity index (χ2v) is 6.75. The number of rotatable bonds is 8. The van der Waals surface area contributed by atoms with Crippen LogP contribution in [0.5, 0.6) is 11.5 Å². The van der Waals surface area contributed by atoms with Crippen molar-refractivity contribution in [2.24, 2.45) is 5.73 Å². The van der Waals surface area contributed by atoms with Crippen LogP contribution in [0.25, 0.3) is 0 Å². The molecule has 2 N–H and O–H groups in total. The molecule has 3 nitrogen and oxygen atoms in total. The van der Waals surface area contributed by atoms with Crippen LogP contribution >= 0.6 is 11.8 Å². The zero-order valence-corrected chi connectivity index (χ0v) is 14.0. The van der Waals surface area contributed by atoms with Gasteiger partial charge >= 0.3 is 0 Å². The largest absolute Gasteiger partial charge is 0.490 e. The Labute approximate surface area is 132 Å². The van der Waals surface area contributed by atoms with Gasteiger partial charge in [0.25, 0.3) is 0 Å². The molecule has 1 aliphatic rings. The van der Waals surface area contributed by atoms with Gasteiger partial charge in [0.15, 0.2) is 11.5 Å². The van der Waals surface area contributed by atoms with Gasteiger partial charge in [0.1, 0.15) is 0 Å². The van der Waals surface area contributed by atoms with Crippen LogP contribution in [0.2, 0.25) is 0 Å². The molecule has 4 heteroatoms. The Morgan fingerprint density at radius 3 is 2.48 bits per heavy atom. The van der Waals surface area contributed by atoms with Crippen molar-refractivity contribution in [3.63, 3.8) is 0 Å². The molecule has 1 fully saturated rings. The van der Waals surface area contributed by atoms with Gasteiger partial charge in [-0.1, -0.05) is 18.9 Å². The summed E-state index contributed by atoms with van der Waals surface area (Å²) in [5.74, 6) is 2.58. The van der Waals surface area contributed by atoms with Crippen molar-refractivity contribution in [3.8, 4) is 11.5 Å². The normalized spacial score (nSPS) is 16.9. The van der Waals surface area contributed by atoms with Crippen molar-refractivity contribution in [1.29, 1.82) is 0 Å². The average molecular weight is 309 g/mol. The fourth-order valence-electron chi connectivity index (χ4n) is 2.69. The number of hydrogen-bond acceptors (Lipinski definition) is 4. The summed E-state index contributed by atoms with van der Waals surface area (Å²) >= 11 is 2.02. The third kappa shape index (κ3) is 4.82. The van der Waals surface area contributed by atoms with Gasteiger partial charge in [0.05, 0.1) is 13.2 Å². The highest BCUT2D eigenvalue weighted by Crippen LogP contribution is 2.34. The SMILES string of the molecule is CCOc1ccc(C(N)CSC2CCCC2)cc1OCC. The van der Waals surface area contributed by atoms with Crippen LogP contribution < -0.4 is 15.2 Å². The molecular formula is C17H27NO2S. The molecule has 0 amide bonds. The quantitative estimate of drug-likeness (QED) is 0.783. The molecule has 1 aromatic rings. The lowest BCUT2D eigenvalue weighted by molar-refractivity contribution is 0.287. The maximum Gasteiger partial charge on any atom is 0.161 e. The second kappa shape index (κ2) is 8.54. The van der Waals surface area contributed by atoms with E-state index in [1.165, 1.54) is 25.7 Å².